The largest absolute Gasteiger partial charge is 0.480 e. The third-order valence-corrected chi connectivity index (χ3v) is 4.08. The predicted octanol–water partition coefficient (Wildman–Crippen LogP) is 2.02. The Kier molecular flexibility index (Phi) is 2.95. The molecule has 1 atom stereocenters. The van der Waals surface area contributed by atoms with Gasteiger partial charge >= 0.3 is 12.1 Å². The zero-order chi connectivity index (χ0) is 13.6. The van der Waals surface area contributed by atoms with Crippen molar-refractivity contribution in [3.8, 4) is 0 Å². The van der Waals surface area contributed by atoms with Gasteiger partial charge in [-0.05, 0) is 24.7 Å². The maximum Gasteiger partial charge on any atom is 0.408 e. The topological polar surface area (TPSA) is 77.8 Å². The summed E-state index contributed by atoms with van der Waals surface area (Å²) >= 11 is 0. The van der Waals surface area contributed by atoms with E-state index in [1.807, 2.05) is 0 Å². The first-order chi connectivity index (χ1) is 8.25. The van der Waals surface area contributed by atoms with Gasteiger partial charge in [0, 0.05) is 19.4 Å². The molecule has 2 rings (SSSR count). The first kappa shape index (κ1) is 13.0. The molecule has 7 heteroatoms. The van der Waals surface area contributed by atoms with Crippen molar-refractivity contribution >= 4 is 12.1 Å². The van der Waals surface area contributed by atoms with Gasteiger partial charge in [0.15, 0.2) is 0 Å². The number of carbonyl (C=O) groups is 2. The Hall–Kier alpha value is -1.40. The summed E-state index contributed by atoms with van der Waals surface area (Å²) in [6.45, 7) is 0.0510. The summed E-state index contributed by atoms with van der Waals surface area (Å²) in [7, 11) is 0. The van der Waals surface area contributed by atoms with Gasteiger partial charge in [-0.15, -0.1) is 0 Å². The van der Waals surface area contributed by atoms with Gasteiger partial charge in [-0.2, -0.15) is 0 Å². The summed E-state index contributed by atoms with van der Waals surface area (Å²) < 4.78 is 26.2. The summed E-state index contributed by atoms with van der Waals surface area (Å²) in [4.78, 5) is 22.9. The maximum atomic E-state index is 13.1. The van der Waals surface area contributed by atoms with E-state index < -0.39 is 29.4 Å². The minimum absolute atomic E-state index is 0.0510. The van der Waals surface area contributed by atoms with Crippen molar-refractivity contribution < 1.29 is 28.6 Å². The van der Waals surface area contributed by atoms with Gasteiger partial charge in [0.05, 0.1) is 0 Å². The monoisotopic (exact) mass is 263 g/mol. The van der Waals surface area contributed by atoms with Crippen LogP contribution in [0.4, 0.5) is 13.6 Å². The lowest BCUT2D eigenvalue weighted by Crippen LogP contribution is -2.40. The van der Waals surface area contributed by atoms with Crippen molar-refractivity contribution in [1.29, 1.82) is 0 Å². The molecule has 0 bridgehead atoms. The van der Waals surface area contributed by atoms with E-state index in [9.17, 15) is 18.4 Å². The molecule has 0 aromatic rings. The fourth-order valence-corrected chi connectivity index (χ4v) is 2.99. The molecule has 1 aliphatic carbocycles. The van der Waals surface area contributed by atoms with Gasteiger partial charge in [0.25, 0.3) is 0 Å². The maximum absolute atomic E-state index is 13.1. The Balaban J connectivity index is 2.14. The molecule has 1 saturated heterocycles. The first-order valence-corrected chi connectivity index (χ1v) is 5.85. The molecule has 0 unspecified atom stereocenters. The third-order valence-electron chi connectivity index (χ3n) is 4.08. The highest BCUT2D eigenvalue weighted by Gasteiger charge is 2.52. The Labute approximate surface area is 102 Å². The smallest absolute Gasteiger partial charge is 0.408 e. The second-order valence-corrected chi connectivity index (χ2v) is 5.32. The zero-order valence-corrected chi connectivity index (χ0v) is 9.73. The van der Waals surface area contributed by atoms with Crippen LogP contribution in [0.2, 0.25) is 0 Å². The zero-order valence-electron chi connectivity index (χ0n) is 9.73. The van der Waals surface area contributed by atoms with Crippen LogP contribution in [0, 0.1) is 5.41 Å². The van der Waals surface area contributed by atoms with Crippen LogP contribution < -0.4 is 0 Å². The third kappa shape index (κ3) is 2.26. The average Bonchev–Trinajstić information content (AvgIpc) is 2.64. The van der Waals surface area contributed by atoms with Crippen LogP contribution >= 0.6 is 0 Å². The molecule has 18 heavy (non-hydrogen) atoms. The van der Waals surface area contributed by atoms with E-state index in [2.05, 4.69) is 0 Å². The van der Waals surface area contributed by atoms with Crippen molar-refractivity contribution in [1.82, 2.24) is 4.90 Å². The first-order valence-electron chi connectivity index (χ1n) is 5.85. The fourth-order valence-electron chi connectivity index (χ4n) is 2.99. The number of likely N-dealkylation sites (tertiary alicyclic amines) is 1. The molecular weight excluding hydrogens is 248 g/mol. The standard InChI is InChI=1S/C11H15F2NO4/c12-11(13)3-1-10(2-4-11)5-7(8(15)16)14(6-10)9(17)18/h7H,1-6H2,(H,15,16)(H,17,18)/t7-/m0/s1. The minimum Gasteiger partial charge on any atom is -0.480 e. The average molecular weight is 263 g/mol. The van der Waals surface area contributed by atoms with Crippen LogP contribution in [0.5, 0.6) is 0 Å². The molecule has 2 N–H and O–H groups in total. The second kappa shape index (κ2) is 4.07. The van der Waals surface area contributed by atoms with E-state index in [0.717, 1.165) is 4.90 Å². The number of carboxylic acids is 1. The van der Waals surface area contributed by atoms with Crippen LogP contribution in [0.15, 0.2) is 0 Å². The number of nitrogens with zero attached hydrogens (tertiary/aromatic N) is 1. The van der Waals surface area contributed by atoms with E-state index in [-0.39, 0.29) is 38.6 Å². The molecule has 5 nitrogen and oxygen atoms in total. The highest BCUT2D eigenvalue weighted by molar-refractivity contribution is 5.80. The minimum atomic E-state index is -2.69. The number of aliphatic carboxylic acids is 1. The van der Waals surface area contributed by atoms with E-state index in [0.29, 0.717) is 0 Å². The lowest BCUT2D eigenvalue weighted by molar-refractivity contribution is -0.141. The van der Waals surface area contributed by atoms with Gasteiger partial charge in [-0.1, -0.05) is 0 Å². The summed E-state index contributed by atoms with van der Waals surface area (Å²) in [6, 6.07) is -1.10. The van der Waals surface area contributed by atoms with E-state index in [1.54, 1.807) is 0 Å². The van der Waals surface area contributed by atoms with Gasteiger partial charge in [0.1, 0.15) is 6.04 Å². The molecule has 0 aromatic heterocycles. The van der Waals surface area contributed by atoms with Crippen molar-refractivity contribution in [2.75, 3.05) is 6.54 Å². The number of halogens is 2. The molecule has 1 aliphatic heterocycles. The van der Waals surface area contributed by atoms with Crippen LogP contribution in [0.25, 0.3) is 0 Å². The van der Waals surface area contributed by atoms with Crippen LogP contribution in [-0.4, -0.2) is 45.7 Å². The Morgan fingerprint density at radius 3 is 2.06 bits per heavy atom. The molecule has 1 saturated carbocycles. The molecule has 1 heterocycles. The Bertz CT molecular complexity index is 351. The second-order valence-electron chi connectivity index (χ2n) is 5.32. The van der Waals surface area contributed by atoms with Crippen molar-refractivity contribution in [3.63, 3.8) is 0 Å². The number of hydrogen-bond acceptors (Lipinski definition) is 2. The molecule has 2 fully saturated rings. The highest BCUT2D eigenvalue weighted by Crippen LogP contribution is 2.50. The SMILES string of the molecule is O=C(O)[C@@H]1CC2(CCC(F)(F)CC2)CN1C(=O)O. The van der Waals surface area contributed by atoms with E-state index >= 15 is 0 Å². The number of rotatable bonds is 1. The number of amides is 1. The number of hydrogen-bond donors (Lipinski definition) is 2. The summed E-state index contributed by atoms with van der Waals surface area (Å²) in [5.74, 6) is -3.90. The van der Waals surface area contributed by atoms with E-state index in [4.69, 9.17) is 10.2 Å². The quantitative estimate of drug-likeness (QED) is 0.758. The van der Waals surface area contributed by atoms with Crippen LogP contribution in [0.3, 0.4) is 0 Å². The molecule has 102 valence electrons. The molecule has 1 spiro atoms. The lowest BCUT2D eigenvalue weighted by atomic mass is 9.71. The van der Waals surface area contributed by atoms with Crippen LogP contribution in [-0.2, 0) is 4.79 Å². The number of alkyl halides is 2. The van der Waals surface area contributed by atoms with Gasteiger partial charge in [-0.25, -0.2) is 18.4 Å². The highest BCUT2D eigenvalue weighted by atomic mass is 19.3. The molecule has 2 aliphatic rings. The summed E-state index contributed by atoms with van der Waals surface area (Å²) in [5, 5.41) is 18.0. The molecular formula is C11H15F2NO4. The Morgan fingerprint density at radius 1 is 1.11 bits per heavy atom. The lowest BCUT2D eigenvalue weighted by Gasteiger charge is -2.36. The predicted molar refractivity (Wildman–Crippen MR) is 56.6 cm³/mol. The molecule has 0 radical (unpaired) electrons. The van der Waals surface area contributed by atoms with Gasteiger partial charge < -0.3 is 10.2 Å². The van der Waals surface area contributed by atoms with Crippen LogP contribution in [0.1, 0.15) is 32.1 Å². The summed E-state index contributed by atoms with van der Waals surface area (Å²) in [6.07, 6.45) is -1.34. The van der Waals surface area contributed by atoms with Gasteiger partial charge in [0.2, 0.25) is 5.92 Å². The van der Waals surface area contributed by atoms with E-state index in [1.165, 1.54) is 0 Å². The van der Waals surface area contributed by atoms with Crippen molar-refractivity contribution in [2.24, 2.45) is 5.41 Å². The van der Waals surface area contributed by atoms with Gasteiger partial charge in [-0.3, -0.25) is 4.90 Å². The fraction of sp³-hybridized carbons (Fsp3) is 0.818. The van der Waals surface area contributed by atoms with Crippen molar-refractivity contribution in [2.45, 2.75) is 44.1 Å². The molecule has 0 aromatic carbocycles. The Morgan fingerprint density at radius 2 is 1.67 bits per heavy atom. The molecule has 1 amide bonds. The van der Waals surface area contributed by atoms with Crippen molar-refractivity contribution in [3.05, 3.63) is 0 Å². The summed E-state index contributed by atoms with van der Waals surface area (Å²) in [5.41, 5.74) is -0.580. The normalized spacial score (nSPS) is 29.4. The number of carboxylic acid groups (broad SMARTS) is 2.